The van der Waals surface area contributed by atoms with E-state index in [2.05, 4.69) is 23.9 Å². The zero-order chi connectivity index (χ0) is 13.1. The van der Waals surface area contributed by atoms with Crippen molar-refractivity contribution in [3.63, 3.8) is 0 Å². The van der Waals surface area contributed by atoms with Crippen LogP contribution >= 0.6 is 0 Å². The number of benzene rings is 1. The zero-order valence-corrected chi connectivity index (χ0v) is 11.1. The van der Waals surface area contributed by atoms with E-state index in [9.17, 15) is 4.39 Å². The van der Waals surface area contributed by atoms with Crippen LogP contribution in [0.4, 0.5) is 4.39 Å². The fourth-order valence-corrected chi connectivity index (χ4v) is 2.65. The number of halogens is 1. The van der Waals surface area contributed by atoms with Crippen molar-refractivity contribution in [2.75, 3.05) is 33.7 Å². The number of nitrogens with zero attached hydrogens (tertiary/aromatic N) is 2. The zero-order valence-electron chi connectivity index (χ0n) is 11.1. The highest BCUT2D eigenvalue weighted by molar-refractivity contribution is 5.22. The molecule has 1 aliphatic rings. The molecular formula is C14H22FN3. The van der Waals surface area contributed by atoms with Gasteiger partial charge in [0.1, 0.15) is 5.82 Å². The Bertz CT molecular complexity index is 396. The van der Waals surface area contributed by atoms with Crippen molar-refractivity contribution < 1.29 is 4.39 Å². The maximum Gasteiger partial charge on any atom is 0.128 e. The fraction of sp³-hybridized carbons (Fsp3) is 0.571. The second kappa shape index (κ2) is 5.78. The molecule has 0 radical (unpaired) electrons. The van der Waals surface area contributed by atoms with Crippen LogP contribution in [0.1, 0.15) is 18.0 Å². The predicted octanol–water partition coefficient (Wildman–Crippen LogP) is 1.46. The van der Waals surface area contributed by atoms with Gasteiger partial charge in [0.2, 0.25) is 0 Å². The van der Waals surface area contributed by atoms with Crippen molar-refractivity contribution in [3.8, 4) is 0 Å². The second-order valence-electron chi connectivity index (χ2n) is 5.21. The summed E-state index contributed by atoms with van der Waals surface area (Å²) in [5, 5.41) is 0. The summed E-state index contributed by atoms with van der Waals surface area (Å²) in [7, 11) is 4.17. The number of nitrogens with two attached hydrogens (primary N) is 1. The van der Waals surface area contributed by atoms with Gasteiger partial charge in [-0.05, 0) is 39.7 Å². The third-order valence-corrected chi connectivity index (χ3v) is 3.79. The Morgan fingerprint density at radius 2 is 2.00 bits per heavy atom. The first kappa shape index (κ1) is 13.5. The lowest BCUT2D eigenvalue weighted by molar-refractivity contribution is 0.194. The van der Waals surface area contributed by atoms with Crippen LogP contribution in [0.3, 0.4) is 0 Å². The summed E-state index contributed by atoms with van der Waals surface area (Å²) in [4.78, 5) is 4.52. The monoisotopic (exact) mass is 251 g/mol. The molecule has 0 aromatic heterocycles. The lowest BCUT2D eigenvalue weighted by Crippen LogP contribution is -2.45. The van der Waals surface area contributed by atoms with Crippen LogP contribution in [0.25, 0.3) is 0 Å². The van der Waals surface area contributed by atoms with E-state index < -0.39 is 0 Å². The van der Waals surface area contributed by atoms with E-state index in [4.69, 9.17) is 5.73 Å². The van der Waals surface area contributed by atoms with Crippen LogP contribution in [0.2, 0.25) is 0 Å². The van der Waals surface area contributed by atoms with Crippen LogP contribution < -0.4 is 5.73 Å². The standard InChI is InChI=1S/C14H22FN3/c1-17-8-5-9-18(2)13(10-17)14(16)11-6-3-4-7-12(11)15/h3-4,6-7,13-14H,5,8-10,16H2,1-2H3. The minimum atomic E-state index is -0.281. The Kier molecular flexibility index (Phi) is 4.32. The molecular weight excluding hydrogens is 229 g/mol. The largest absolute Gasteiger partial charge is 0.323 e. The highest BCUT2D eigenvalue weighted by Gasteiger charge is 2.28. The Morgan fingerprint density at radius 1 is 1.28 bits per heavy atom. The summed E-state index contributed by atoms with van der Waals surface area (Å²) in [6, 6.07) is 6.70. The van der Waals surface area contributed by atoms with Gasteiger partial charge in [0.05, 0.1) is 0 Å². The van der Waals surface area contributed by atoms with Gasteiger partial charge in [-0.25, -0.2) is 4.39 Å². The highest BCUT2D eigenvalue weighted by atomic mass is 19.1. The number of likely N-dealkylation sites (N-methyl/N-ethyl adjacent to an activating group) is 2. The topological polar surface area (TPSA) is 32.5 Å². The lowest BCUT2D eigenvalue weighted by Gasteiger charge is -2.32. The summed E-state index contributed by atoms with van der Waals surface area (Å²) in [6.07, 6.45) is 1.13. The average molecular weight is 251 g/mol. The number of rotatable bonds is 2. The molecule has 0 bridgehead atoms. The van der Waals surface area contributed by atoms with Gasteiger partial charge in [0.25, 0.3) is 0 Å². The molecule has 0 spiro atoms. The van der Waals surface area contributed by atoms with E-state index in [0.717, 1.165) is 26.1 Å². The molecule has 1 fully saturated rings. The van der Waals surface area contributed by atoms with Crippen molar-refractivity contribution in [1.82, 2.24) is 9.80 Å². The van der Waals surface area contributed by atoms with Crippen LogP contribution in [-0.2, 0) is 0 Å². The van der Waals surface area contributed by atoms with Gasteiger partial charge in [-0.15, -0.1) is 0 Å². The van der Waals surface area contributed by atoms with Crippen molar-refractivity contribution in [2.45, 2.75) is 18.5 Å². The lowest BCUT2D eigenvalue weighted by atomic mass is 9.98. The molecule has 18 heavy (non-hydrogen) atoms. The summed E-state index contributed by atoms with van der Waals surface area (Å²) in [5.74, 6) is -0.203. The van der Waals surface area contributed by atoms with Gasteiger partial charge in [0.15, 0.2) is 0 Å². The van der Waals surface area contributed by atoms with Gasteiger partial charge in [-0.1, -0.05) is 18.2 Å². The van der Waals surface area contributed by atoms with Crippen LogP contribution in [0, 0.1) is 5.82 Å². The van der Waals surface area contributed by atoms with Gasteiger partial charge >= 0.3 is 0 Å². The minimum absolute atomic E-state index is 0.161. The molecule has 100 valence electrons. The van der Waals surface area contributed by atoms with Crippen molar-refractivity contribution in [3.05, 3.63) is 35.6 Å². The Hall–Kier alpha value is -0.970. The van der Waals surface area contributed by atoms with Crippen LogP contribution in [0.5, 0.6) is 0 Å². The first-order chi connectivity index (χ1) is 8.59. The van der Waals surface area contributed by atoms with Gasteiger partial charge in [-0.3, -0.25) is 0 Å². The third kappa shape index (κ3) is 2.88. The molecule has 1 aliphatic heterocycles. The molecule has 1 aromatic rings. The predicted molar refractivity (Wildman–Crippen MR) is 71.9 cm³/mol. The quantitative estimate of drug-likeness (QED) is 0.864. The molecule has 0 saturated carbocycles. The molecule has 0 aliphatic carbocycles. The molecule has 0 amide bonds. The summed E-state index contributed by atoms with van der Waals surface area (Å²) < 4.78 is 13.8. The van der Waals surface area contributed by atoms with E-state index in [-0.39, 0.29) is 17.9 Å². The molecule has 4 heteroatoms. The van der Waals surface area contributed by atoms with E-state index in [1.807, 2.05) is 6.07 Å². The smallest absolute Gasteiger partial charge is 0.128 e. The van der Waals surface area contributed by atoms with Crippen LogP contribution in [-0.4, -0.2) is 49.6 Å². The molecule has 1 saturated heterocycles. The molecule has 2 unspecified atom stereocenters. The maximum atomic E-state index is 13.8. The second-order valence-corrected chi connectivity index (χ2v) is 5.21. The van der Waals surface area contributed by atoms with Crippen molar-refractivity contribution >= 4 is 0 Å². The van der Waals surface area contributed by atoms with E-state index >= 15 is 0 Å². The Morgan fingerprint density at radius 3 is 2.72 bits per heavy atom. The molecule has 1 heterocycles. The van der Waals surface area contributed by atoms with E-state index in [1.54, 1.807) is 12.1 Å². The number of hydrogen-bond donors (Lipinski definition) is 1. The van der Waals surface area contributed by atoms with Gasteiger partial charge in [0, 0.05) is 24.2 Å². The summed E-state index contributed by atoms with van der Waals surface area (Å²) >= 11 is 0. The Balaban J connectivity index is 2.20. The normalized spacial score (nSPS) is 24.8. The molecule has 2 N–H and O–H groups in total. The third-order valence-electron chi connectivity index (χ3n) is 3.79. The minimum Gasteiger partial charge on any atom is -0.323 e. The fourth-order valence-electron chi connectivity index (χ4n) is 2.65. The molecule has 2 rings (SSSR count). The van der Waals surface area contributed by atoms with Crippen LogP contribution in [0.15, 0.2) is 24.3 Å². The van der Waals surface area contributed by atoms with Gasteiger partial charge < -0.3 is 15.5 Å². The SMILES string of the molecule is CN1CCCN(C)C(C(N)c2ccccc2F)C1. The first-order valence-corrected chi connectivity index (χ1v) is 6.48. The maximum absolute atomic E-state index is 13.8. The molecule has 3 nitrogen and oxygen atoms in total. The van der Waals surface area contributed by atoms with Gasteiger partial charge in [-0.2, -0.15) is 0 Å². The van der Waals surface area contributed by atoms with E-state index in [1.165, 1.54) is 6.07 Å². The number of hydrogen-bond acceptors (Lipinski definition) is 3. The van der Waals surface area contributed by atoms with E-state index in [0.29, 0.717) is 5.56 Å². The van der Waals surface area contributed by atoms with Crippen molar-refractivity contribution in [1.29, 1.82) is 0 Å². The average Bonchev–Trinajstić information content (AvgIpc) is 2.51. The molecule has 2 atom stereocenters. The Labute approximate surface area is 108 Å². The highest BCUT2D eigenvalue weighted by Crippen LogP contribution is 2.22. The summed E-state index contributed by atoms with van der Waals surface area (Å²) in [5.41, 5.74) is 6.90. The molecule has 1 aromatic carbocycles. The summed E-state index contributed by atoms with van der Waals surface area (Å²) in [6.45, 7) is 2.97. The first-order valence-electron chi connectivity index (χ1n) is 6.48. The van der Waals surface area contributed by atoms with Crippen molar-refractivity contribution in [2.24, 2.45) is 5.73 Å².